The summed E-state index contributed by atoms with van der Waals surface area (Å²) in [6.45, 7) is 0.706. The monoisotopic (exact) mass is 389 g/mol. The van der Waals surface area contributed by atoms with Crippen molar-refractivity contribution in [3.63, 3.8) is 0 Å². The number of carbonyl (C=O) groups is 1. The summed E-state index contributed by atoms with van der Waals surface area (Å²) in [7, 11) is 0. The zero-order valence-corrected chi connectivity index (χ0v) is 14.8. The highest BCUT2D eigenvalue weighted by molar-refractivity contribution is 6.30. The second-order valence-corrected chi connectivity index (χ2v) is 6.77. The summed E-state index contributed by atoms with van der Waals surface area (Å²) in [5.74, 6) is -0.834. The Morgan fingerprint density at radius 2 is 2.00 bits per heavy atom. The lowest BCUT2D eigenvalue weighted by Gasteiger charge is -2.16. The van der Waals surface area contributed by atoms with E-state index in [-0.39, 0.29) is 34.7 Å². The number of amides is 1. The fourth-order valence-electron chi connectivity index (χ4n) is 3.10. The van der Waals surface area contributed by atoms with Gasteiger partial charge in [-0.1, -0.05) is 35.0 Å². The van der Waals surface area contributed by atoms with Crippen LogP contribution >= 0.6 is 11.6 Å². The van der Waals surface area contributed by atoms with E-state index < -0.39 is 11.6 Å². The van der Waals surface area contributed by atoms with Crippen LogP contribution in [0.5, 0.6) is 0 Å². The summed E-state index contributed by atoms with van der Waals surface area (Å²) >= 11 is 5.79. The summed E-state index contributed by atoms with van der Waals surface area (Å²) in [6.07, 6.45) is 0.227. The van der Waals surface area contributed by atoms with Gasteiger partial charge in [0, 0.05) is 25.4 Å². The Labute approximate surface area is 158 Å². The lowest BCUT2D eigenvalue weighted by Crippen LogP contribution is -2.24. The van der Waals surface area contributed by atoms with E-state index in [2.05, 4.69) is 10.1 Å². The van der Waals surface area contributed by atoms with E-state index in [0.717, 1.165) is 5.56 Å². The normalized spacial score (nSPS) is 16.9. The minimum Gasteiger partial charge on any atom is -0.338 e. The molecule has 0 radical (unpaired) electrons. The maximum absolute atomic E-state index is 13.9. The van der Waals surface area contributed by atoms with E-state index in [0.29, 0.717) is 18.9 Å². The Bertz CT molecular complexity index is 1010. The maximum atomic E-state index is 13.9. The molecular formula is C19H14ClF2N3O2. The highest BCUT2D eigenvalue weighted by Gasteiger charge is 2.34. The minimum atomic E-state index is -0.501. The van der Waals surface area contributed by atoms with Crippen LogP contribution in [0.4, 0.5) is 8.78 Å². The molecule has 1 aliphatic rings. The van der Waals surface area contributed by atoms with Crippen molar-refractivity contribution >= 4 is 17.5 Å². The Morgan fingerprint density at radius 1 is 1.19 bits per heavy atom. The van der Waals surface area contributed by atoms with Crippen molar-refractivity contribution in [2.45, 2.75) is 18.9 Å². The van der Waals surface area contributed by atoms with E-state index in [1.54, 1.807) is 29.2 Å². The van der Waals surface area contributed by atoms with Gasteiger partial charge in [-0.2, -0.15) is 4.98 Å². The van der Waals surface area contributed by atoms with E-state index >= 15 is 0 Å². The number of rotatable bonds is 4. The number of aromatic nitrogens is 2. The molecular weight excluding hydrogens is 376 g/mol. The van der Waals surface area contributed by atoms with Crippen LogP contribution in [0.3, 0.4) is 0 Å². The third-order valence-electron chi connectivity index (χ3n) is 4.48. The van der Waals surface area contributed by atoms with Crippen molar-refractivity contribution in [2.24, 2.45) is 0 Å². The van der Waals surface area contributed by atoms with Crippen molar-refractivity contribution in [1.82, 2.24) is 15.0 Å². The highest BCUT2D eigenvalue weighted by Crippen LogP contribution is 2.30. The summed E-state index contributed by atoms with van der Waals surface area (Å²) in [5, 5.41) is 3.93. The number of halogens is 3. The molecule has 1 aliphatic heterocycles. The molecule has 0 N–H and O–H groups in total. The molecule has 0 aliphatic carbocycles. The molecule has 1 amide bonds. The molecule has 1 aromatic heterocycles. The van der Waals surface area contributed by atoms with Gasteiger partial charge in [-0.3, -0.25) is 4.79 Å². The topological polar surface area (TPSA) is 59.2 Å². The molecule has 2 heterocycles. The molecule has 4 rings (SSSR count). The highest BCUT2D eigenvalue weighted by atomic mass is 35.5. The lowest BCUT2D eigenvalue weighted by molar-refractivity contribution is -0.128. The molecule has 3 aromatic rings. The second-order valence-electron chi connectivity index (χ2n) is 6.36. The number of carbonyl (C=O) groups excluding carboxylic acids is 1. The molecule has 2 aromatic carbocycles. The maximum Gasteiger partial charge on any atom is 0.260 e. The number of hydrogen-bond donors (Lipinski definition) is 0. The predicted molar refractivity (Wildman–Crippen MR) is 93.9 cm³/mol. The van der Waals surface area contributed by atoms with Gasteiger partial charge in [-0.05, 0) is 29.8 Å². The van der Waals surface area contributed by atoms with Crippen molar-refractivity contribution in [2.75, 3.05) is 6.54 Å². The molecule has 1 unspecified atom stereocenters. The first-order valence-electron chi connectivity index (χ1n) is 8.31. The van der Waals surface area contributed by atoms with E-state index in [9.17, 15) is 13.6 Å². The molecule has 8 heteroatoms. The van der Waals surface area contributed by atoms with Crippen molar-refractivity contribution in [3.05, 3.63) is 70.5 Å². The average molecular weight is 390 g/mol. The fraction of sp³-hybridized carbons (Fsp3) is 0.211. The van der Waals surface area contributed by atoms with Crippen molar-refractivity contribution in [3.8, 4) is 11.5 Å². The third kappa shape index (κ3) is 3.55. The zero-order valence-electron chi connectivity index (χ0n) is 14.0. The first kappa shape index (κ1) is 17.6. The van der Waals surface area contributed by atoms with Gasteiger partial charge >= 0.3 is 0 Å². The van der Waals surface area contributed by atoms with Crippen LogP contribution in [0.25, 0.3) is 11.5 Å². The number of nitrogens with zero attached hydrogens (tertiary/aromatic N) is 3. The Morgan fingerprint density at radius 3 is 2.78 bits per heavy atom. The molecule has 1 atom stereocenters. The molecule has 5 nitrogen and oxygen atoms in total. The standard InChI is InChI=1S/C19H14ClF2N3O2/c20-14-7-11(5-6-16(14)22)9-25-10-12(8-17(25)26)18-23-19(27-24-18)13-3-1-2-4-15(13)21/h1-7,12H,8-10H2. The average Bonchev–Trinajstić information content (AvgIpc) is 3.26. The minimum absolute atomic E-state index is 0.0170. The summed E-state index contributed by atoms with van der Waals surface area (Å²) in [5.41, 5.74) is 0.953. The molecule has 1 fully saturated rings. The van der Waals surface area contributed by atoms with Gasteiger partial charge in [0.1, 0.15) is 11.6 Å². The predicted octanol–water partition coefficient (Wildman–Crippen LogP) is 4.18. The molecule has 27 heavy (non-hydrogen) atoms. The van der Waals surface area contributed by atoms with Gasteiger partial charge in [0.2, 0.25) is 5.91 Å². The lowest BCUT2D eigenvalue weighted by atomic mass is 10.1. The Hall–Kier alpha value is -2.80. The van der Waals surface area contributed by atoms with Gasteiger partial charge in [0.15, 0.2) is 5.82 Å². The van der Waals surface area contributed by atoms with Gasteiger partial charge < -0.3 is 9.42 Å². The molecule has 0 spiro atoms. The van der Waals surface area contributed by atoms with E-state index in [4.69, 9.17) is 16.1 Å². The van der Waals surface area contributed by atoms with E-state index in [1.165, 1.54) is 18.2 Å². The van der Waals surface area contributed by atoms with Crippen molar-refractivity contribution < 1.29 is 18.1 Å². The van der Waals surface area contributed by atoms with Gasteiger partial charge in [0.05, 0.1) is 10.6 Å². The van der Waals surface area contributed by atoms with Gasteiger partial charge in [-0.25, -0.2) is 8.78 Å². The largest absolute Gasteiger partial charge is 0.338 e. The Balaban J connectivity index is 1.49. The van der Waals surface area contributed by atoms with Crippen LogP contribution in [-0.4, -0.2) is 27.5 Å². The zero-order chi connectivity index (χ0) is 19.0. The first-order valence-corrected chi connectivity index (χ1v) is 8.69. The molecule has 138 valence electrons. The third-order valence-corrected chi connectivity index (χ3v) is 4.77. The van der Waals surface area contributed by atoms with E-state index in [1.807, 2.05) is 0 Å². The number of likely N-dealkylation sites (tertiary alicyclic amines) is 1. The van der Waals surface area contributed by atoms with Crippen LogP contribution in [0, 0.1) is 11.6 Å². The summed E-state index contributed by atoms with van der Waals surface area (Å²) in [6, 6.07) is 10.5. The second kappa shape index (κ2) is 7.08. The number of hydrogen-bond acceptors (Lipinski definition) is 4. The quantitative estimate of drug-likeness (QED) is 0.671. The van der Waals surface area contributed by atoms with Crippen LogP contribution in [-0.2, 0) is 11.3 Å². The Kier molecular flexibility index (Phi) is 4.61. The summed E-state index contributed by atoms with van der Waals surface area (Å²) < 4.78 is 32.3. The van der Waals surface area contributed by atoms with Crippen LogP contribution in [0.2, 0.25) is 5.02 Å². The summed E-state index contributed by atoms with van der Waals surface area (Å²) in [4.78, 5) is 18.2. The number of benzene rings is 2. The van der Waals surface area contributed by atoms with Gasteiger partial charge in [-0.15, -0.1) is 0 Å². The van der Waals surface area contributed by atoms with Crippen LogP contribution < -0.4 is 0 Å². The molecule has 0 saturated carbocycles. The smallest absolute Gasteiger partial charge is 0.260 e. The SMILES string of the molecule is O=C1CC(c2noc(-c3ccccc3F)n2)CN1Cc1ccc(F)c(Cl)c1. The van der Waals surface area contributed by atoms with Gasteiger partial charge in [0.25, 0.3) is 5.89 Å². The molecule has 1 saturated heterocycles. The molecule has 0 bridgehead atoms. The van der Waals surface area contributed by atoms with Crippen molar-refractivity contribution in [1.29, 1.82) is 0 Å². The van der Waals surface area contributed by atoms with Crippen LogP contribution in [0.1, 0.15) is 23.7 Å². The fourth-order valence-corrected chi connectivity index (χ4v) is 3.30. The van der Waals surface area contributed by atoms with Crippen LogP contribution in [0.15, 0.2) is 47.0 Å². The first-order chi connectivity index (χ1) is 13.0.